The number of aliphatic hydroxyl groups is 1. The molecule has 2 aliphatic rings. The molecule has 1 saturated carbocycles. The van der Waals surface area contributed by atoms with Crippen LogP contribution in [0.5, 0.6) is 5.75 Å². The Morgan fingerprint density at radius 3 is 2.91 bits per heavy atom. The van der Waals surface area contributed by atoms with Crippen molar-refractivity contribution in [3.63, 3.8) is 0 Å². The Balaban J connectivity index is 1.69. The average Bonchev–Trinajstić information content (AvgIpc) is 3.33. The molecule has 0 amide bonds. The Kier molecular flexibility index (Phi) is 4.69. The number of ether oxygens (including phenoxy) is 1. The number of hydrogen-bond acceptors (Lipinski definition) is 3. The number of likely N-dealkylation sites (tertiary alicyclic amines) is 1. The van der Waals surface area contributed by atoms with Gasteiger partial charge in [0.2, 0.25) is 0 Å². The molecule has 4 heteroatoms. The molecule has 1 aromatic rings. The molecule has 0 bridgehead atoms. The number of nitrogens with zero attached hydrogens (tertiary/aromatic N) is 1. The molecule has 22 heavy (non-hydrogen) atoms. The molecule has 2 fully saturated rings. The average molecular weight is 307 g/mol. The third-order valence-electron chi connectivity index (χ3n) is 5.14. The molecule has 3 nitrogen and oxygen atoms in total. The number of methoxy groups -OCH3 is 1. The van der Waals surface area contributed by atoms with Crippen molar-refractivity contribution in [2.75, 3.05) is 26.8 Å². The third-order valence-corrected chi connectivity index (χ3v) is 5.14. The van der Waals surface area contributed by atoms with E-state index in [-0.39, 0.29) is 17.8 Å². The molecule has 122 valence electrons. The highest BCUT2D eigenvalue weighted by Gasteiger charge is 2.39. The lowest BCUT2D eigenvalue weighted by Gasteiger charge is -2.42. The first-order chi connectivity index (χ1) is 10.6. The van der Waals surface area contributed by atoms with E-state index in [4.69, 9.17) is 4.74 Å². The van der Waals surface area contributed by atoms with Crippen molar-refractivity contribution in [3.05, 3.63) is 29.6 Å². The summed E-state index contributed by atoms with van der Waals surface area (Å²) in [6.45, 7) is 2.69. The van der Waals surface area contributed by atoms with Gasteiger partial charge < -0.3 is 9.84 Å². The maximum absolute atomic E-state index is 14.0. The summed E-state index contributed by atoms with van der Waals surface area (Å²) in [5.41, 5.74) is 0.703. The second kappa shape index (κ2) is 6.55. The molecule has 0 aromatic heterocycles. The van der Waals surface area contributed by atoms with E-state index in [1.54, 1.807) is 19.2 Å². The van der Waals surface area contributed by atoms with Crippen molar-refractivity contribution in [3.8, 4) is 5.75 Å². The molecule has 1 heterocycles. The first-order valence-corrected chi connectivity index (χ1v) is 8.30. The zero-order valence-corrected chi connectivity index (χ0v) is 13.4. The number of aliphatic hydroxyl groups excluding tert-OH is 1. The van der Waals surface area contributed by atoms with Crippen LogP contribution in [0.1, 0.15) is 37.7 Å². The fourth-order valence-electron chi connectivity index (χ4n) is 3.78. The smallest absolute Gasteiger partial charge is 0.127 e. The summed E-state index contributed by atoms with van der Waals surface area (Å²) in [7, 11) is 1.60. The van der Waals surface area contributed by atoms with Gasteiger partial charge in [-0.1, -0.05) is 12.8 Å². The summed E-state index contributed by atoms with van der Waals surface area (Å²) in [6, 6.07) is 4.91. The van der Waals surface area contributed by atoms with Gasteiger partial charge in [0, 0.05) is 30.7 Å². The summed E-state index contributed by atoms with van der Waals surface area (Å²) in [5.74, 6) is 1.32. The minimum absolute atomic E-state index is 0.0226. The molecule has 0 spiro atoms. The number of piperidine rings is 1. The van der Waals surface area contributed by atoms with Crippen LogP contribution in [0.15, 0.2) is 18.2 Å². The molecule has 1 aromatic carbocycles. The molecule has 1 aliphatic carbocycles. The number of hydrogen-bond donors (Lipinski definition) is 1. The normalized spacial score (nSPS) is 26.1. The standard InChI is InChI=1S/C18H26FNO2/c1-22-16-5-6-17(19)15(9-16)11-20-8-2-7-18(12-20,13-21)10-14-3-4-14/h5-6,9,14,21H,2-4,7-8,10-13H2,1H3. The topological polar surface area (TPSA) is 32.7 Å². The largest absolute Gasteiger partial charge is 0.497 e. The van der Waals surface area contributed by atoms with Gasteiger partial charge in [-0.2, -0.15) is 0 Å². The Labute approximate surface area is 132 Å². The van der Waals surface area contributed by atoms with Crippen LogP contribution in [0.25, 0.3) is 0 Å². The first-order valence-electron chi connectivity index (χ1n) is 8.30. The molecule has 1 atom stereocenters. The lowest BCUT2D eigenvalue weighted by atomic mass is 9.76. The van der Waals surface area contributed by atoms with E-state index in [9.17, 15) is 9.50 Å². The molecule has 1 N–H and O–H groups in total. The van der Waals surface area contributed by atoms with Crippen LogP contribution in [0.3, 0.4) is 0 Å². The molecule has 0 radical (unpaired) electrons. The molecule has 1 saturated heterocycles. The van der Waals surface area contributed by atoms with Gasteiger partial charge in [0.1, 0.15) is 11.6 Å². The molecular formula is C18H26FNO2. The fourth-order valence-corrected chi connectivity index (χ4v) is 3.78. The summed E-state index contributed by atoms with van der Waals surface area (Å²) in [6.07, 6.45) is 5.93. The molecule has 1 aliphatic heterocycles. The predicted molar refractivity (Wildman–Crippen MR) is 84.3 cm³/mol. The zero-order valence-electron chi connectivity index (χ0n) is 13.4. The van der Waals surface area contributed by atoms with Crippen LogP contribution in [0.4, 0.5) is 4.39 Å². The van der Waals surface area contributed by atoms with Gasteiger partial charge in [0.15, 0.2) is 0 Å². The van der Waals surface area contributed by atoms with Crippen LogP contribution in [-0.4, -0.2) is 36.8 Å². The molecule has 3 rings (SSSR count). The molecule has 1 unspecified atom stereocenters. The minimum Gasteiger partial charge on any atom is -0.497 e. The van der Waals surface area contributed by atoms with Crippen molar-refractivity contribution in [1.82, 2.24) is 4.90 Å². The van der Waals surface area contributed by atoms with Crippen molar-refractivity contribution in [1.29, 1.82) is 0 Å². The van der Waals surface area contributed by atoms with Gasteiger partial charge in [-0.15, -0.1) is 0 Å². The summed E-state index contributed by atoms with van der Waals surface area (Å²) in [4.78, 5) is 2.29. The van der Waals surface area contributed by atoms with Crippen LogP contribution < -0.4 is 4.74 Å². The Bertz CT molecular complexity index is 518. The second-order valence-electron chi connectivity index (χ2n) is 7.08. The lowest BCUT2D eigenvalue weighted by Crippen LogP contribution is -2.45. The van der Waals surface area contributed by atoms with Crippen LogP contribution >= 0.6 is 0 Å². The van der Waals surface area contributed by atoms with E-state index in [0.29, 0.717) is 17.9 Å². The predicted octanol–water partition coefficient (Wildman–Crippen LogP) is 3.21. The van der Waals surface area contributed by atoms with E-state index in [2.05, 4.69) is 4.90 Å². The van der Waals surface area contributed by atoms with Gasteiger partial charge in [0.05, 0.1) is 7.11 Å². The zero-order chi connectivity index (χ0) is 15.6. The van der Waals surface area contributed by atoms with E-state index in [1.165, 1.54) is 18.9 Å². The Morgan fingerprint density at radius 2 is 2.23 bits per heavy atom. The van der Waals surface area contributed by atoms with Crippen LogP contribution in [-0.2, 0) is 6.54 Å². The van der Waals surface area contributed by atoms with Crippen molar-refractivity contribution >= 4 is 0 Å². The van der Waals surface area contributed by atoms with Gasteiger partial charge in [0.25, 0.3) is 0 Å². The number of halogens is 1. The Hall–Kier alpha value is -1.13. The van der Waals surface area contributed by atoms with Gasteiger partial charge in [-0.25, -0.2) is 4.39 Å². The van der Waals surface area contributed by atoms with E-state index in [1.807, 2.05) is 0 Å². The van der Waals surface area contributed by atoms with E-state index >= 15 is 0 Å². The van der Waals surface area contributed by atoms with E-state index < -0.39 is 0 Å². The van der Waals surface area contributed by atoms with Crippen molar-refractivity contribution in [2.45, 2.75) is 38.6 Å². The van der Waals surface area contributed by atoms with Gasteiger partial charge in [-0.3, -0.25) is 4.90 Å². The molecular weight excluding hydrogens is 281 g/mol. The van der Waals surface area contributed by atoms with Crippen molar-refractivity contribution in [2.24, 2.45) is 11.3 Å². The highest BCUT2D eigenvalue weighted by molar-refractivity contribution is 5.29. The maximum atomic E-state index is 14.0. The van der Waals surface area contributed by atoms with Crippen molar-refractivity contribution < 1.29 is 14.2 Å². The van der Waals surface area contributed by atoms with Gasteiger partial charge >= 0.3 is 0 Å². The first kappa shape index (κ1) is 15.8. The van der Waals surface area contributed by atoms with Crippen LogP contribution in [0, 0.1) is 17.2 Å². The Morgan fingerprint density at radius 1 is 1.41 bits per heavy atom. The van der Waals surface area contributed by atoms with Crippen LogP contribution in [0.2, 0.25) is 0 Å². The van der Waals surface area contributed by atoms with E-state index in [0.717, 1.165) is 38.3 Å². The minimum atomic E-state index is -0.178. The second-order valence-corrected chi connectivity index (χ2v) is 7.08. The summed E-state index contributed by atoms with van der Waals surface area (Å²) in [5, 5.41) is 9.92. The maximum Gasteiger partial charge on any atom is 0.127 e. The van der Waals surface area contributed by atoms with Gasteiger partial charge in [-0.05, 0) is 49.9 Å². The highest BCUT2D eigenvalue weighted by Crippen LogP contribution is 2.44. The number of benzene rings is 1. The number of rotatable bonds is 6. The summed E-state index contributed by atoms with van der Waals surface area (Å²) < 4.78 is 19.2. The monoisotopic (exact) mass is 307 g/mol. The summed E-state index contributed by atoms with van der Waals surface area (Å²) >= 11 is 0. The lowest BCUT2D eigenvalue weighted by molar-refractivity contribution is 0.0176. The third kappa shape index (κ3) is 3.61. The fraction of sp³-hybridized carbons (Fsp3) is 0.667. The SMILES string of the molecule is COc1ccc(F)c(CN2CCCC(CO)(CC3CC3)C2)c1. The highest BCUT2D eigenvalue weighted by atomic mass is 19.1. The quantitative estimate of drug-likeness (QED) is 0.876.